The molecule has 1 saturated heterocycles. The molecule has 0 radical (unpaired) electrons. The zero-order chi connectivity index (χ0) is 22.4. The van der Waals surface area contributed by atoms with E-state index < -0.39 is 15.8 Å². The first kappa shape index (κ1) is 23.2. The fraction of sp³-hybridized carbons (Fsp3) is 0.409. The number of halogens is 1. The number of likely N-dealkylation sites (N-methyl/N-ethyl adjacent to an activating group) is 1. The number of hydrogen-bond acceptors (Lipinski definition) is 5. The summed E-state index contributed by atoms with van der Waals surface area (Å²) in [6.45, 7) is 4.22. The number of rotatable bonds is 8. The number of anilines is 2. The highest BCUT2D eigenvalue weighted by atomic mass is 32.2. The van der Waals surface area contributed by atoms with Crippen molar-refractivity contribution in [3.63, 3.8) is 0 Å². The molecule has 1 aliphatic heterocycles. The Balaban J connectivity index is 1.45. The standard InChI is InChI=1S/C22H29FN4O3S/c1-25-14-16-27(17-15-25)20-9-7-19(8-10-20)24-22(28)4-3-13-26(2)31(29,30)21-11-5-18(23)6-12-21/h5-12H,3-4,13-17H2,1-2H3,(H,24,28). The Morgan fingerprint density at radius 3 is 2.26 bits per heavy atom. The van der Waals surface area contributed by atoms with Crippen molar-refractivity contribution < 1.29 is 17.6 Å². The van der Waals surface area contributed by atoms with Crippen LogP contribution in [-0.4, -0.2) is 70.3 Å². The van der Waals surface area contributed by atoms with E-state index in [1.807, 2.05) is 24.3 Å². The second-order valence-corrected chi connectivity index (χ2v) is 9.81. The number of sulfonamides is 1. The Morgan fingerprint density at radius 2 is 1.65 bits per heavy atom. The first-order valence-corrected chi connectivity index (χ1v) is 11.7. The van der Waals surface area contributed by atoms with Gasteiger partial charge in [-0.3, -0.25) is 4.79 Å². The minimum Gasteiger partial charge on any atom is -0.369 e. The van der Waals surface area contributed by atoms with Gasteiger partial charge in [0.1, 0.15) is 5.82 Å². The monoisotopic (exact) mass is 448 g/mol. The Bertz CT molecular complexity index is 973. The van der Waals surface area contributed by atoms with E-state index in [2.05, 4.69) is 22.2 Å². The predicted molar refractivity (Wildman–Crippen MR) is 120 cm³/mol. The lowest BCUT2D eigenvalue weighted by atomic mass is 10.2. The molecule has 1 heterocycles. The molecule has 1 aliphatic rings. The van der Waals surface area contributed by atoms with E-state index in [9.17, 15) is 17.6 Å². The summed E-state index contributed by atoms with van der Waals surface area (Å²) in [4.78, 5) is 16.9. The number of piperazine rings is 1. The van der Waals surface area contributed by atoms with Gasteiger partial charge >= 0.3 is 0 Å². The summed E-state index contributed by atoms with van der Waals surface area (Å²) in [5.41, 5.74) is 1.86. The molecule has 0 aliphatic carbocycles. The molecule has 7 nitrogen and oxygen atoms in total. The van der Waals surface area contributed by atoms with E-state index in [0.717, 1.165) is 49.7 Å². The zero-order valence-corrected chi connectivity index (χ0v) is 18.7. The fourth-order valence-electron chi connectivity index (χ4n) is 3.41. The number of amides is 1. The molecule has 0 bridgehead atoms. The molecule has 31 heavy (non-hydrogen) atoms. The third kappa shape index (κ3) is 6.25. The maximum atomic E-state index is 13.0. The molecule has 0 unspecified atom stereocenters. The van der Waals surface area contributed by atoms with Crippen LogP contribution in [0.1, 0.15) is 12.8 Å². The minimum absolute atomic E-state index is 0.0290. The van der Waals surface area contributed by atoms with Gasteiger partial charge in [0.25, 0.3) is 0 Å². The third-order valence-electron chi connectivity index (χ3n) is 5.42. The zero-order valence-electron chi connectivity index (χ0n) is 17.9. The van der Waals surface area contributed by atoms with E-state index in [1.54, 1.807) is 0 Å². The molecule has 1 fully saturated rings. The van der Waals surface area contributed by atoms with Gasteiger partial charge in [0, 0.05) is 57.6 Å². The van der Waals surface area contributed by atoms with Crippen LogP contribution in [0.2, 0.25) is 0 Å². The second kappa shape index (κ2) is 10.2. The third-order valence-corrected chi connectivity index (χ3v) is 7.29. The summed E-state index contributed by atoms with van der Waals surface area (Å²) >= 11 is 0. The van der Waals surface area contributed by atoms with Gasteiger partial charge in [-0.25, -0.2) is 17.1 Å². The van der Waals surface area contributed by atoms with Gasteiger partial charge in [-0.2, -0.15) is 0 Å². The smallest absolute Gasteiger partial charge is 0.242 e. The average molecular weight is 449 g/mol. The normalized spacial score (nSPS) is 15.3. The quantitative estimate of drug-likeness (QED) is 0.672. The Hall–Kier alpha value is -2.49. The molecule has 168 valence electrons. The van der Waals surface area contributed by atoms with Crippen LogP contribution in [0.25, 0.3) is 0 Å². The number of nitrogens with zero attached hydrogens (tertiary/aromatic N) is 3. The molecule has 1 amide bonds. The van der Waals surface area contributed by atoms with Crippen LogP contribution in [0.15, 0.2) is 53.4 Å². The molecule has 1 N–H and O–H groups in total. The van der Waals surface area contributed by atoms with Gasteiger partial charge in [-0.15, -0.1) is 0 Å². The van der Waals surface area contributed by atoms with Crippen LogP contribution >= 0.6 is 0 Å². The van der Waals surface area contributed by atoms with Crippen LogP contribution in [-0.2, 0) is 14.8 Å². The van der Waals surface area contributed by atoms with E-state index in [4.69, 9.17) is 0 Å². The molecule has 2 aromatic rings. The molecule has 0 saturated carbocycles. The first-order valence-electron chi connectivity index (χ1n) is 10.3. The van der Waals surface area contributed by atoms with E-state index in [0.29, 0.717) is 6.42 Å². The van der Waals surface area contributed by atoms with Crippen molar-refractivity contribution in [2.75, 3.05) is 57.0 Å². The van der Waals surface area contributed by atoms with Gasteiger partial charge in [0.2, 0.25) is 15.9 Å². The summed E-state index contributed by atoms with van der Waals surface area (Å²) in [6.07, 6.45) is 0.575. The highest BCUT2D eigenvalue weighted by molar-refractivity contribution is 7.89. The number of nitrogens with one attached hydrogen (secondary N) is 1. The van der Waals surface area contributed by atoms with Gasteiger partial charge in [-0.05, 0) is 62.0 Å². The molecule has 0 aromatic heterocycles. The molecule has 2 aromatic carbocycles. The van der Waals surface area contributed by atoms with Crippen LogP contribution in [0, 0.1) is 5.82 Å². The summed E-state index contributed by atoms with van der Waals surface area (Å²) < 4.78 is 39.2. The number of carbonyl (C=O) groups excluding carboxylic acids is 1. The lowest BCUT2D eigenvalue weighted by Crippen LogP contribution is -2.44. The SMILES string of the molecule is CN1CCN(c2ccc(NC(=O)CCCN(C)S(=O)(=O)c3ccc(F)cc3)cc2)CC1. The van der Waals surface area contributed by atoms with Crippen molar-refractivity contribution in [1.29, 1.82) is 0 Å². The largest absolute Gasteiger partial charge is 0.369 e. The molecule has 9 heteroatoms. The maximum absolute atomic E-state index is 13.0. The summed E-state index contributed by atoms with van der Waals surface area (Å²) in [5, 5.41) is 2.85. The number of benzene rings is 2. The Labute approximate surface area is 183 Å². The Kier molecular flexibility index (Phi) is 7.64. The molecule has 0 spiro atoms. The number of carbonyl (C=O) groups is 1. The summed E-state index contributed by atoms with van der Waals surface area (Å²) in [5.74, 6) is -0.658. The van der Waals surface area contributed by atoms with Crippen LogP contribution < -0.4 is 10.2 Å². The molecule has 0 atom stereocenters. The van der Waals surface area contributed by atoms with Crippen molar-refractivity contribution in [1.82, 2.24) is 9.21 Å². The lowest BCUT2D eigenvalue weighted by molar-refractivity contribution is -0.116. The maximum Gasteiger partial charge on any atom is 0.242 e. The van der Waals surface area contributed by atoms with E-state index in [1.165, 1.54) is 23.5 Å². The van der Waals surface area contributed by atoms with Crippen molar-refractivity contribution >= 4 is 27.3 Å². The van der Waals surface area contributed by atoms with Crippen LogP contribution in [0.5, 0.6) is 0 Å². The first-order chi connectivity index (χ1) is 14.8. The Morgan fingerprint density at radius 1 is 1.03 bits per heavy atom. The van der Waals surface area contributed by atoms with Crippen molar-refractivity contribution in [2.24, 2.45) is 0 Å². The highest BCUT2D eigenvalue weighted by Gasteiger charge is 2.20. The summed E-state index contributed by atoms with van der Waals surface area (Å²) in [6, 6.07) is 12.5. The van der Waals surface area contributed by atoms with E-state index >= 15 is 0 Å². The topological polar surface area (TPSA) is 73.0 Å². The van der Waals surface area contributed by atoms with Crippen LogP contribution in [0.4, 0.5) is 15.8 Å². The lowest BCUT2D eigenvalue weighted by Gasteiger charge is -2.34. The second-order valence-electron chi connectivity index (χ2n) is 7.77. The number of hydrogen-bond donors (Lipinski definition) is 1. The van der Waals surface area contributed by atoms with Crippen molar-refractivity contribution in [3.8, 4) is 0 Å². The van der Waals surface area contributed by atoms with Crippen LogP contribution in [0.3, 0.4) is 0 Å². The van der Waals surface area contributed by atoms with Crippen molar-refractivity contribution in [3.05, 3.63) is 54.3 Å². The molecular formula is C22H29FN4O3S. The van der Waals surface area contributed by atoms with Gasteiger partial charge in [0.15, 0.2) is 0 Å². The average Bonchev–Trinajstić information content (AvgIpc) is 2.75. The van der Waals surface area contributed by atoms with Crippen molar-refractivity contribution in [2.45, 2.75) is 17.7 Å². The van der Waals surface area contributed by atoms with Gasteiger partial charge in [0.05, 0.1) is 4.90 Å². The highest BCUT2D eigenvalue weighted by Crippen LogP contribution is 2.20. The summed E-state index contributed by atoms with van der Waals surface area (Å²) in [7, 11) is -0.135. The minimum atomic E-state index is -3.70. The van der Waals surface area contributed by atoms with Gasteiger partial charge in [-0.1, -0.05) is 0 Å². The van der Waals surface area contributed by atoms with E-state index in [-0.39, 0.29) is 23.8 Å². The predicted octanol–water partition coefficient (Wildman–Crippen LogP) is 2.62. The molecular weight excluding hydrogens is 419 g/mol. The van der Waals surface area contributed by atoms with Gasteiger partial charge < -0.3 is 15.1 Å². The molecule has 3 rings (SSSR count). The fourth-order valence-corrected chi connectivity index (χ4v) is 4.62.